The number of rotatable bonds is 1. The van der Waals surface area contributed by atoms with Crippen LogP contribution in [0.15, 0.2) is 36.4 Å². The minimum Gasteiger partial charge on any atom is -0.454 e. The molecule has 0 fully saturated rings. The average Bonchev–Trinajstić information content (AvgIpc) is 2.79. The van der Waals surface area contributed by atoms with Crippen LogP contribution < -0.4 is 15.2 Å². The molecule has 0 radical (unpaired) electrons. The monoisotopic (exact) mass is 231 g/mol. The molecule has 0 unspecified atom stereocenters. The Kier molecular flexibility index (Phi) is 2.14. The van der Waals surface area contributed by atoms with Crippen LogP contribution in [0.3, 0.4) is 0 Å². The number of nitrogen functional groups attached to an aromatic ring is 1. The summed E-state index contributed by atoms with van der Waals surface area (Å²) in [6.45, 7) is 0.231. The lowest BCUT2D eigenvalue weighted by Gasteiger charge is -2.04. The molecule has 0 amide bonds. The summed E-state index contributed by atoms with van der Waals surface area (Å²) in [7, 11) is 0. The molecule has 3 rings (SSSR count). The number of nitrogens with two attached hydrogens (primary N) is 1. The predicted octanol–water partition coefficient (Wildman–Crippen LogP) is 2.80. The number of hydrogen-bond donors (Lipinski definition) is 1. The van der Waals surface area contributed by atoms with Crippen molar-refractivity contribution in [1.29, 1.82) is 0 Å². The number of hydrogen-bond acceptors (Lipinski definition) is 3. The van der Waals surface area contributed by atoms with E-state index in [1.807, 2.05) is 18.2 Å². The van der Waals surface area contributed by atoms with Crippen LogP contribution in [0.4, 0.5) is 10.1 Å². The van der Waals surface area contributed by atoms with E-state index in [1.54, 1.807) is 12.1 Å². The fourth-order valence-corrected chi connectivity index (χ4v) is 1.78. The van der Waals surface area contributed by atoms with Crippen molar-refractivity contribution >= 4 is 5.69 Å². The van der Waals surface area contributed by atoms with Crippen LogP contribution in [0, 0.1) is 5.82 Å². The summed E-state index contributed by atoms with van der Waals surface area (Å²) in [6.07, 6.45) is 0. The topological polar surface area (TPSA) is 44.5 Å². The predicted molar refractivity (Wildman–Crippen MR) is 62.4 cm³/mol. The van der Waals surface area contributed by atoms with E-state index in [9.17, 15) is 4.39 Å². The van der Waals surface area contributed by atoms with Crippen LogP contribution in [0.2, 0.25) is 0 Å². The second-order valence-corrected chi connectivity index (χ2v) is 3.80. The minimum atomic E-state index is -0.417. The standard InChI is InChI=1S/C13H10FNO2/c14-10-5-8(1-3-11(10)15)9-2-4-12-13(6-9)17-7-16-12/h1-6H,7,15H2. The Morgan fingerprint density at radius 1 is 0.941 bits per heavy atom. The Labute approximate surface area is 97.6 Å². The Balaban J connectivity index is 2.06. The quantitative estimate of drug-likeness (QED) is 0.767. The van der Waals surface area contributed by atoms with Crippen molar-refractivity contribution in [2.45, 2.75) is 0 Å². The van der Waals surface area contributed by atoms with Crippen LogP contribution >= 0.6 is 0 Å². The van der Waals surface area contributed by atoms with Gasteiger partial charge in [0, 0.05) is 0 Å². The molecule has 0 bridgehead atoms. The highest BCUT2D eigenvalue weighted by atomic mass is 19.1. The van der Waals surface area contributed by atoms with Crippen molar-refractivity contribution in [2.24, 2.45) is 0 Å². The summed E-state index contributed by atoms with van der Waals surface area (Å²) in [5.74, 6) is 0.976. The van der Waals surface area contributed by atoms with Gasteiger partial charge in [-0.25, -0.2) is 4.39 Å². The van der Waals surface area contributed by atoms with E-state index >= 15 is 0 Å². The number of benzene rings is 2. The van der Waals surface area contributed by atoms with Gasteiger partial charge in [0.05, 0.1) is 5.69 Å². The highest BCUT2D eigenvalue weighted by Gasteiger charge is 2.14. The molecule has 4 heteroatoms. The third-order valence-electron chi connectivity index (χ3n) is 2.71. The number of ether oxygens (including phenoxy) is 2. The van der Waals surface area contributed by atoms with E-state index in [-0.39, 0.29) is 12.5 Å². The first-order valence-electron chi connectivity index (χ1n) is 5.19. The lowest BCUT2D eigenvalue weighted by Crippen LogP contribution is -1.92. The SMILES string of the molecule is Nc1ccc(-c2ccc3c(c2)OCO3)cc1F. The van der Waals surface area contributed by atoms with E-state index in [1.165, 1.54) is 6.07 Å². The zero-order valence-electron chi connectivity index (χ0n) is 8.94. The molecule has 1 aliphatic rings. The smallest absolute Gasteiger partial charge is 0.231 e. The van der Waals surface area contributed by atoms with Crippen LogP contribution in [-0.4, -0.2) is 6.79 Å². The molecule has 2 aromatic rings. The van der Waals surface area contributed by atoms with Crippen molar-refractivity contribution < 1.29 is 13.9 Å². The van der Waals surface area contributed by atoms with Crippen LogP contribution in [0.25, 0.3) is 11.1 Å². The molecule has 1 heterocycles. The van der Waals surface area contributed by atoms with E-state index in [2.05, 4.69) is 0 Å². The molecule has 17 heavy (non-hydrogen) atoms. The molecule has 0 aromatic heterocycles. The van der Waals surface area contributed by atoms with Gasteiger partial charge in [-0.05, 0) is 35.4 Å². The van der Waals surface area contributed by atoms with Gasteiger partial charge in [-0.15, -0.1) is 0 Å². The summed E-state index contributed by atoms with van der Waals surface area (Å²) in [4.78, 5) is 0. The molecular weight excluding hydrogens is 221 g/mol. The van der Waals surface area contributed by atoms with Gasteiger partial charge in [0.2, 0.25) is 6.79 Å². The number of anilines is 1. The average molecular weight is 231 g/mol. The highest BCUT2D eigenvalue weighted by molar-refractivity contribution is 5.69. The molecule has 0 saturated heterocycles. The van der Waals surface area contributed by atoms with Crippen molar-refractivity contribution in [1.82, 2.24) is 0 Å². The number of fused-ring (bicyclic) bond motifs is 1. The highest BCUT2D eigenvalue weighted by Crippen LogP contribution is 2.36. The third kappa shape index (κ3) is 1.67. The largest absolute Gasteiger partial charge is 0.454 e. The lowest BCUT2D eigenvalue weighted by atomic mass is 10.0. The van der Waals surface area contributed by atoms with Gasteiger partial charge in [0.1, 0.15) is 5.82 Å². The van der Waals surface area contributed by atoms with Gasteiger partial charge in [0.15, 0.2) is 11.5 Å². The molecule has 1 aliphatic heterocycles. The van der Waals surface area contributed by atoms with Crippen LogP contribution in [-0.2, 0) is 0 Å². The molecule has 0 atom stereocenters. The Morgan fingerprint density at radius 2 is 1.65 bits per heavy atom. The molecule has 0 aliphatic carbocycles. The van der Waals surface area contributed by atoms with Crippen molar-refractivity contribution in [2.75, 3.05) is 12.5 Å². The molecular formula is C13H10FNO2. The Bertz CT molecular complexity index is 584. The summed E-state index contributed by atoms with van der Waals surface area (Å²) in [5, 5.41) is 0. The molecule has 2 aromatic carbocycles. The normalized spacial score (nSPS) is 12.8. The first kappa shape index (κ1) is 9.96. The van der Waals surface area contributed by atoms with Crippen molar-refractivity contribution in [3.05, 3.63) is 42.2 Å². The lowest BCUT2D eigenvalue weighted by molar-refractivity contribution is 0.174. The molecule has 3 nitrogen and oxygen atoms in total. The molecule has 2 N–H and O–H groups in total. The fourth-order valence-electron chi connectivity index (χ4n) is 1.78. The maximum atomic E-state index is 13.4. The van der Waals surface area contributed by atoms with Gasteiger partial charge < -0.3 is 15.2 Å². The zero-order valence-corrected chi connectivity index (χ0v) is 8.94. The molecule has 86 valence electrons. The summed E-state index contributed by atoms with van der Waals surface area (Å²) in [6, 6.07) is 10.2. The second-order valence-electron chi connectivity index (χ2n) is 3.80. The van der Waals surface area contributed by atoms with Gasteiger partial charge in [-0.3, -0.25) is 0 Å². The molecule has 0 spiro atoms. The van der Waals surface area contributed by atoms with E-state index < -0.39 is 5.82 Å². The van der Waals surface area contributed by atoms with Crippen molar-refractivity contribution in [3.8, 4) is 22.6 Å². The summed E-state index contributed by atoms with van der Waals surface area (Å²) >= 11 is 0. The van der Waals surface area contributed by atoms with E-state index in [0.717, 1.165) is 11.1 Å². The van der Waals surface area contributed by atoms with Crippen LogP contribution in [0.5, 0.6) is 11.5 Å². The summed E-state index contributed by atoms with van der Waals surface area (Å²) < 4.78 is 23.8. The first-order chi connectivity index (χ1) is 8.24. The van der Waals surface area contributed by atoms with E-state index in [4.69, 9.17) is 15.2 Å². The minimum absolute atomic E-state index is 0.148. The third-order valence-corrected chi connectivity index (χ3v) is 2.71. The maximum absolute atomic E-state index is 13.4. The summed E-state index contributed by atoms with van der Waals surface area (Å²) in [5.41, 5.74) is 7.21. The van der Waals surface area contributed by atoms with Gasteiger partial charge in [-0.2, -0.15) is 0 Å². The fraction of sp³-hybridized carbons (Fsp3) is 0.0769. The maximum Gasteiger partial charge on any atom is 0.231 e. The zero-order chi connectivity index (χ0) is 11.8. The van der Waals surface area contributed by atoms with E-state index in [0.29, 0.717) is 11.5 Å². The Morgan fingerprint density at radius 3 is 2.47 bits per heavy atom. The van der Waals surface area contributed by atoms with Gasteiger partial charge >= 0.3 is 0 Å². The first-order valence-corrected chi connectivity index (χ1v) is 5.19. The van der Waals surface area contributed by atoms with Crippen LogP contribution in [0.1, 0.15) is 0 Å². The van der Waals surface area contributed by atoms with Gasteiger partial charge in [-0.1, -0.05) is 12.1 Å². The second kappa shape index (κ2) is 3.66. The Hall–Kier alpha value is -2.23. The van der Waals surface area contributed by atoms with Gasteiger partial charge in [0.25, 0.3) is 0 Å². The van der Waals surface area contributed by atoms with Crippen molar-refractivity contribution in [3.63, 3.8) is 0 Å². The number of halogens is 1. The molecule has 0 saturated carbocycles.